The maximum atomic E-state index is 10.6. The Bertz CT molecular complexity index is 96.9. The Morgan fingerprint density at radius 1 is 1.40 bits per heavy atom. The molecule has 1 atom stereocenters. The monoisotopic (exact) mass is 142 g/mol. The van der Waals surface area contributed by atoms with E-state index >= 15 is 0 Å². The van der Waals surface area contributed by atoms with Gasteiger partial charge in [0, 0.05) is 6.42 Å². The fraction of sp³-hybridized carbons (Fsp3) is 0.889. The van der Waals surface area contributed by atoms with Crippen LogP contribution in [0.5, 0.6) is 0 Å². The van der Waals surface area contributed by atoms with Crippen molar-refractivity contribution < 1.29 is 4.79 Å². The average Bonchev–Trinajstić information content (AvgIpc) is 1.85. The summed E-state index contributed by atoms with van der Waals surface area (Å²) in [5.41, 5.74) is 0. The Morgan fingerprint density at radius 3 is 2.40 bits per heavy atom. The van der Waals surface area contributed by atoms with E-state index in [2.05, 4.69) is 13.8 Å². The van der Waals surface area contributed by atoms with E-state index in [4.69, 9.17) is 0 Å². The lowest BCUT2D eigenvalue weighted by atomic mass is 9.99. The van der Waals surface area contributed by atoms with Gasteiger partial charge >= 0.3 is 0 Å². The molecule has 1 heteroatoms. The molecule has 0 aliphatic heterocycles. The predicted octanol–water partition coefficient (Wildman–Crippen LogP) is 2.79. The summed E-state index contributed by atoms with van der Waals surface area (Å²) >= 11 is 0. The standard InChI is InChI=1S/C9H18O/c1-4-5-8(2)6-7-9(3)10/h8H,4-7H2,1-3H3/t8-/m0/s1. The molecule has 1 nitrogen and oxygen atoms in total. The molecule has 0 aliphatic carbocycles. The maximum absolute atomic E-state index is 10.6. The summed E-state index contributed by atoms with van der Waals surface area (Å²) in [7, 11) is 0. The average molecular weight is 142 g/mol. The molecule has 0 fully saturated rings. The van der Waals surface area contributed by atoms with Gasteiger partial charge in [0.05, 0.1) is 0 Å². The van der Waals surface area contributed by atoms with E-state index in [1.807, 2.05) is 0 Å². The minimum atomic E-state index is 0.322. The minimum Gasteiger partial charge on any atom is -0.300 e. The third-order valence-electron chi connectivity index (χ3n) is 1.77. The normalized spacial score (nSPS) is 13.1. The van der Waals surface area contributed by atoms with E-state index in [0.29, 0.717) is 5.78 Å². The van der Waals surface area contributed by atoms with Gasteiger partial charge < -0.3 is 4.79 Å². The number of Topliss-reactive ketones (excluding diaryl/α,β-unsaturated/α-hetero) is 1. The molecule has 0 bridgehead atoms. The zero-order valence-electron chi connectivity index (χ0n) is 7.31. The number of ketones is 1. The van der Waals surface area contributed by atoms with Crippen LogP contribution in [0.25, 0.3) is 0 Å². The van der Waals surface area contributed by atoms with Gasteiger partial charge in [0.25, 0.3) is 0 Å². The first-order valence-electron chi connectivity index (χ1n) is 4.16. The molecule has 0 aromatic heterocycles. The van der Waals surface area contributed by atoms with Crippen molar-refractivity contribution in [1.82, 2.24) is 0 Å². The van der Waals surface area contributed by atoms with Gasteiger partial charge in [-0.05, 0) is 19.3 Å². The Hall–Kier alpha value is -0.330. The van der Waals surface area contributed by atoms with E-state index < -0.39 is 0 Å². The molecule has 0 saturated heterocycles. The molecule has 0 rings (SSSR count). The van der Waals surface area contributed by atoms with Crippen molar-refractivity contribution in [2.45, 2.75) is 46.5 Å². The van der Waals surface area contributed by atoms with Gasteiger partial charge in [-0.15, -0.1) is 0 Å². The van der Waals surface area contributed by atoms with E-state index in [9.17, 15) is 4.79 Å². The third kappa shape index (κ3) is 5.80. The molecule has 60 valence electrons. The molecule has 0 heterocycles. The van der Waals surface area contributed by atoms with Gasteiger partial charge in [-0.1, -0.05) is 26.7 Å². The Kier molecular flexibility index (Phi) is 5.27. The van der Waals surface area contributed by atoms with Crippen LogP contribution in [0, 0.1) is 5.92 Å². The fourth-order valence-corrected chi connectivity index (χ4v) is 1.09. The molecule has 0 aromatic carbocycles. The largest absolute Gasteiger partial charge is 0.300 e. The van der Waals surface area contributed by atoms with E-state index in [-0.39, 0.29) is 0 Å². The van der Waals surface area contributed by atoms with Crippen LogP contribution < -0.4 is 0 Å². The van der Waals surface area contributed by atoms with Crippen LogP contribution in [0.2, 0.25) is 0 Å². The fourth-order valence-electron chi connectivity index (χ4n) is 1.09. The second-order valence-corrected chi connectivity index (χ2v) is 3.13. The summed E-state index contributed by atoms with van der Waals surface area (Å²) in [6.07, 6.45) is 4.33. The van der Waals surface area contributed by atoms with Crippen LogP contribution in [0.15, 0.2) is 0 Å². The molecule has 0 amide bonds. The zero-order valence-corrected chi connectivity index (χ0v) is 7.31. The molecule has 0 radical (unpaired) electrons. The van der Waals surface area contributed by atoms with Crippen LogP contribution in [0.4, 0.5) is 0 Å². The zero-order chi connectivity index (χ0) is 7.98. The first kappa shape index (κ1) is 9.67. The van der Waals surface area contributed by atoms with Gasteiger partial charge in [0.15, 0.2) is 0 Å². The quantitative estimate of drug-likeness (QED) is 0.577. The second kappa shape index (κ2) is 5.45. The second-order valence-electron chi connectivity index (χ2n) is 3.13. The van der Waals surface area contributed by atoms with Crippen molar-refractivity contribution in [3.63, 3.8) is 0 Å². The lowest BCUT2D eigenvalue weighted by Gasteiger charge is -2.06. The first-order valence-corrected chi connectivity index (χ1v) is 4.16. The van der Waals surface area contributed by atoms with Crippen molar-refractivity contribution in [3.05, 3.63) is 0 Å². The van der Waals surface area contributed by atoms with E-state index in [1.54, 1.807) is 6.92 Å². The minimum absolute atomic E-state index is 0.322. The third-order valence-corrected chi connectivity index (χ3v) is 1.77. The molecular weight excluding hydrogens is 124 g/mol. The molecule has 0 saturated carbocycles. The molecule has 0 N–H and O–H groups in total. The molecule has 0 unspecified atom stereocenters. The number of hydrogen-bond donors (Lipinski definition) is 0. The summed E-state index contributed by atoms with van der Waals surface area (Å²) in [6, 6.07) is 0. The van der Waals surface area contributed by atoms with Crippen LogP contribution in [-0.4, -0.2) is 5.78 Å². The SMILES string of the molecule is CCC[C@H](C)CCC(C)=O. The molecular formula is C9H18O. The van der Waals surface area contributed by atoms with Crippen LogP contribution in [0.3, 0.4) is 0 Å². The smallest absolute Gasteiger partial charge is 0.129 e. The lowest BCUT2D eigenvalue weighted by molar-refractivity contribution is -0.117. The van der Waals surface area contributed by atoms with Crippen molar-refractivity contribution in [2.24, 2.45) is 5.92 Å². The highest BCUT2D eigenvalue weighted by molar-refractivity contribution is 5.75. The first-order chi connectivity index (χ1) is 4.66. The highest BCUT2D eigenvalue weighted by Gasteiger charge is 2.01. The summed E-state index contributed by atoms with van der Waals surface area (Å²) in [5, 5.41) is 0. The topological polar surface area (TPSA) is 17.1 Å². The summed E-state index contributed by atoms with van der Waals surface area (Å²) in [6.45, 7) is 6.06. The van der Waals surface area contributed by atoms with Gasteiger partial charge in [-0.25, -0.2) is 0 Å². The number of hydrogen-bond acceptors (Lipinski definition) is 1. The summed E-state index contributed by atoms with van der Waals surface area (Å²) < 4.78 is 0. The Morgan fingerprint density at radius 2 is 2.00 bits per heavy atom. The van der Waals surface area contributed by atoms with Crippen LogP contribution in [-0.2, 0) is 4.79 Å². The van der Waals surface area contributed by atoms with E-state index in [0.717, 1.165) is 18.8 Å². The Balaban J connectivity index is 3.21. The van der Waals surface area contributed by atoms with Gasteiger partial charge in [0.1, 0.15) is 5.78 Å². The van der Waals surface area contributed by atoms with Gasteiger partial charge in [0.2, 0.25) is 0 Å². The van der Waals surface area contributed by atoms with Crippen LogP contribution in [0.1, 0.15) is 46.5 Å². The lowest BCUT2D eigenvalue weighted by Crippen LogP contribution is -1.98. The van der Waals surface area contributed by atoms with Crippen LogP contribution >= 0.6 is 0 Å². The van der Waals surface area contributed by atoms with Gasteiger partial charge in [-0.3, -0.25) is 0 Å². The number of carbonyl (C=O) groups excluding carboxylic acids is 1. The highest BCUT2D eigenvalue weighted by atomic mass is 16.1. The molecule has 10 heavy (non-hydrogen) atoms. The molecule has 0 aliphatic rings. The predicted molar refractivity (Wildman–Crippen MR) is 44.0 cm³/mol. The van der Waals surface area contributed by atoms with Crippen molar-refractivity contribution >= 4 is 5.78 Å². The molecule has 0 spiro atoms. The molecule has 0 aromatic rings. The van der Waals surface area contributed by atoms with Crippen molar-refractivity contribution in [3.8, 4) is 0 Å². The number of rotatable bonds is 5. The maximum Gasteiger partial charge on any atom is 0.129 e. The summed E-state index contributed by atoms with van der Waals surface area (Å²) in [5.74, 6) is 1.05. The van der Waals surface area contributed by atoms with Gasteiger partial charge in [-0.2, -0.15) is 0 Å². The number of carbonyl (C=O) groups is 1. The Labute approximate surface area is 63.8 Å². The highest BCUT2D eigenvalue weighted by Crippen LogP contribution is 2.11. The van der Waals surface area contributed by atoms with Crippen molar-refractivity contribution in [1.29, 1.82) is 0 Å². The van der Waals surface area contributed by atoms with E-state index in [1.165, 1.54) is 12.8 Å². The summed E-state index contributed by atoms with van der Waals surface area (Å²) in [4.78, 5) is 10.6. The van der Waals surface area contributed by atoms with Crippen molar-refractivity contribution in [2.75, 3.05) is 0 Å².